The molecule has 1 atom stereocenters. The van der Waals surface area contributed by atoms with Crippen LogP contribution in [0.3, 0.4) is 0 Å². The minimum absolute atomic E-state index is 0.125. The van der Waals surface area contributed by atoms with Crippen molar-refractivity contribution in [2.45, 2.75) is 31.2 Å². The van der Waals surface area contributed by atoms with Gasteiger partial charge in [0.2, 0.25) is 0 Å². The fourth-order valence-corrected chi connectivity index (χ4v) is 3.32. The molecule has 0 aliphatic carbocycles. The van der Waals surface area contributed by atoms with E-state index in [0.717, 1.165) is 6.07 Å². The summed E-state index contributed by atoms with van der Waals surface area (Å²) in [5.41, 5.74) is -0.207. The highest BCUT2D eigenvalue weighted by molar-refractivity contribution is 5.42. The van der Waals surface area contributed by atoms with Crippen LogP contribution in [0, 0.1) is 0 Å². The van der Waals surface area contributed by atoms with E-state index in [1.54, 1.807) is 30.3 Å². The van der Waals surface area contributed by atoms with Gasteiger partial charge in [-0.1, -0.05) is 36.4 Å². The van der Waals surface area contributed by atoms with E-state index >= 15 is 0 Å². The van der Waals surface area contributed by atoms with Crippen LogP contribution in [-0.4, -0.2) is 47.5 Å². The van der Waals surface area contributed by atoms with Gasteiger partial charge in [-0.15, -0.1) is 0 Å². The molecule has 1 fully saturated rings. The minimum Gasteiger partial charge on any atom is -0.492 e. The molecule has 152 valence electrons. The quantitative estimate of drug-likeness (QED) is 0.785. The molecule has 0 bridgehead atoms. The molecule has 2 aromatic carbocycles. The zero-order valence-electron chi connectivity index (χ0n) is 15.4. The van der Waals surface area contributed by atoms with Crippen LogP contribution < -0.4 is 4.74 Å². The van der Waals surface area contributed by atoms with E-state index in [1.165, 1.54) is 12.1 Å². The normalized spacial score (nSPS) is 17.5. The minimum atomic E-state index is -4.59. The van der Waals surface area contributed by atoms with E-state index in [4.69, 9.17) is 4.74 Å². The smallest absolute Gasteiger partial charge is 0.419 e. The molecule has 1 aliphatic rings. The largest absolute Gasteiger partial charge is 0.492 e. The lowest BCUT2D eigenvalue weighted by Crippen LogP contribution is -2.38. The van der Waals surface area contributed by atoms with Crippen LogP contribution in [0.25, 0.3) is 0 Å². The summed E-state index contributed by atoms with van der Waals surface area (Å²) in [4.78, 5) is 2.06. The van der Waals surface area contributed by atoms with Crippen molar-refractivity contribution in [3.8, 4) is 5.75 Å². The maximum Gasteiger partial charge on any atom is 0.419 e. The highest BCUT2D eigenvalue weighted by Gasteiger charge is 2.35. The van der Waals surface area contributed by atoms with Crippen molar-refractivity contribution in [3.63, 3.8) is 0 Å². The van der Waals surface area contributed by atoms with E-state index in [2.05, 4.69) is 4.90 Å². The summed E-state index contributed by atoms with van der Waals surface area (Å²) in [6.07, 6.45) is -4.69. The first-order chi connectivity index (χ1) is 13.3. The number of piperidine rings is 1. The number of nitrogens with zero attached hydrogens (tertiary/aromatic N) is 1. The molecule has 0 amide bonds. The molecule has 3 rings (SSSR count). The van der Waals surface area contributed by atoms with Gasteiger partial charge in [-0.2, -0.15) is 13.2 Å². The van der Waals surface area contributed by atoms with Gasteiger partial charge in [-0.3, -0.25) is 4.90 Å². The third-order valence-corrected chi connectivity index (χ3v) is 4.96. The molecule has 2 aromatic rings. The van der Waals surface area contributed by atoms with Gasteiger partial charge in [0.25, 0.3) is 0 Å². The van der Waals surface area contributed by atoms with Crippen molar-refractivity contribution >= 4 is 0 Å². The summed E-state index contributed by atoms with van der Waals surface area (Å²) in [6, 6.07) is 12.2. The number of likely N-dealkylation sites (tertiary alicyclic amines) is 1. The maximum absolute atomic E-state index is 13.5. The van der Waals surface area contributed by atoms with Crippen LogP contribution in [0.2, 0.25) is 0 Å². The lowest BCUT2D eigenvalue weighted by atomic mass is 9.99. The summed E-state index contributed by atoms with van der Waals surface area (Å²) in [5, 5.41) is 19.9. The Labute approximate surface area is 162 Å². The van der Waals surface area contributed by atoms with E-state index in [-0.39, 0.29) is 24.0 Å². The zero-order valence-corrected chi connectivity index (χ0v) is 15.4. The van der Waals surface area contributed by atoms with E-state index < -0.39 is 17.8 Å². The number of aliphatic hydroxyl groups is 2. The molecule has 1 aliphatic heterocycles. The average molecular weight is 395 g/mol. The van der Waals surface area contributed by atoms with Gasteiger partial charge in [0.15, 0.2) is 0 Å². The predicted molar refractivity (Wildman–Crippen MR) is 99.1 cm³/mol. The molecule has 2 N–H and O–H groups in total. The Morgan fingerprint density at radius 1 is 1.04 bits per heavy atom. The van der Waals surface area contributed by atoms with Crippen molar-refractivity contribution < 1.29 is 28.1 Å². The molecule has 4 nitrogen and oxygen atoms in total. The van der Waals surface area contributed by atoms with Gasteiger partial charge in [0.05, 0.1) is 11.7 Å². The van der Waals surface area contributed by atoms with Gasteiger partial charge in [0, 0.05) is 19.6 Å². The molecule has 0 spiro atoms. The second-order valence-corrected chi connectivity index (χ2v) is 6.99. The Morgan fingerprint density at radius 3 is 2.36 bits per heavy atom. The maximum atomic E-state index is 13.5. The number of halogens is 3. The summed E-state index contributed by atoms with van der Waals surface area (Å²) < 4.78 is 46.0. The van der Waals surface area contributed by atoms with Gasteiger partial charge >= 0.3 is 6.18 Å². The Bertz CT molecular complexity index is 759. The van der Waals surface area contributed by atoms with Gasteiger partial charge in [-0.25, -0.2) is 0 Å². The molecular formula is C21H24F3NO3. The number of benzene rings is 2. The highest BCUT2D eigenvalue weighted by atomic mass is 19.4. The van der Waals surface area contributed by atoms with Gasteiger partial charge in [-0.05, 0) is 36.1 Å². The van der Waals surface area contributed by atoms with E-state index in [0.29, 0.717) is 38.0 Å². The molecule has 1 unspecified atom stereocenters. The topological polar surface area (TPSA) is 52.9 Å². The van der Waals surface area contributed by atoms with Crippen LogP contribution >= 0.6 is 0 Å². The van der Waals surface area contributed by atoms with Crippen LogP contribution in [0.15, 0.2) is 48.5 Å². The lowest BCUT2D eigenvalue weighted by molar-refractivity contribution is -0.139. The van der Waals surface area contributed by atoms with Crippen LogP contribution in [-0.2, 0) is 6.18 Å². The summed E-state index contributed by atoms with van der Waals surface area (Å²) >= 11 is 0. The number of rotatable bonds is 6. The predicted octanol–water partition coefficient (Wildman–Crippen LogP) is 3.62. The van der Waals surface area contributed by atoms with Crippen molar-refractivity contribution in [1.82, 2.24) is 4.90 Å². The fourth-order valence-electron chi connectivity index (χ4n) is 3.32. The zero-order chi connectivity index (χ0) is 20.1. The first-order valence-corrected chi connectivity index (χ1v) is 9.32. The van der Waals surface area contributed by atoms with E-state index in [9.17, 15) is 23.4 Å². The fraction of sp³-hybridized carbons (Fsp3) is 0.429. The average Bonchev–Trinajstić information content (AvgIpc) is 2.69. The number of hydrogen-bond donors (Lipinski definition) is 2. The van der Waals surface area contributed by atoms with Crippen LogP contribution in [0.1, 0.15) is 35.6 Å². The second kappa shape index (κ2) is 8.94. The Hall–Kier alpha value is -2.09. The number of alkyl halides is 3. The third kappa shape index (κ3) is 5.25. The third-order valence-electron chi connectivity index (χ3n) is 4.96. The molecule has 0 radical (unpaired) electrons. The van der Waals surface area contributed by atoms with Crippen molar-refractivity contribution in [2.24, 2.45) is 0 Å². The molecule has 1 saturated heterocycles. The summed E-state index contributed by atoms with van der Waals surface area (Å²) in [7, 11) is 0. The van der Waals surface area contributed by atoms with E-state index in [1.807, 2.05) is 0 Å². The Balaban J connectivity index is 1.70. The van der Waals surface area contributed by atoms with Crippen molar-refractivity contribution in [2.75, 3.05) is 26.2 Å². The molecule has 0 saturated carbocycles. The first kappa shape index (κ1) is 20.6. The Kier molecular flexibility index (Phi) is 6.59. The van der Waals surface area contributed by atoms with Crippen LogP contribution in [0.4, 0.5) is 13.2 Å². The monoisotopic (exact) mass is 395 g/mol. The standard InChI is InChI=1S/C21H24F3NO3/c22-21(23,24)18-14-16(20(27)15-4-2-1-3-5-15)6-7-19(18)28-13-12-25-10-8-17(26)9-11-25/h1-7,14,17,20,26-27H,8-13H2. The second-order valence-electron chi connectivity index (χ2n) is 6.99. The van der Waals surface area contributed by atoms with Crippen LogP contribution in [0.5, 0.6) is 5.75 Å². The molecule has 7 heteroatoms. The molecule has 28 heavy (non-hydrogen) atoms. The molecule has 1 heterocycles. The Morgan fingerprint density at radius 2 is 1.71 bits per heavy atom. The molecular weight excluding hydrogens is 371 g/mol. The number of ether oxygens (including phenoxy) is 1. The summed E-state index contributed by atoms with van der Waals surface area (Å²) in [5.74, 6) is -0.242. The molecule has 0 aromatic heterocycles. The number of aliphatic hydroxyl groups excluding tert-OH is 2. The SMILES string of the molecule is OC1CCN(CCOc2ccc(C(O)c3ccccc3)cc2C(F)(F)F)CC1. The summed E-state index contributed by atoms with van der Waals surface area (Å²) in [6.45, 7) is 2.04. The number of hydrogen-bond acceptors (Lipinski definition) is 4. The highest BCUT2D eigenvalue weighted by Crippen LogP contribution is 2.38. The van der Waals surface area contributed by atoms with Gasteiger partial charge in [0.1, 0.15) is 18.5 Å². The lowest BCUT2D eigenvalue weighted by Gasteiger charge is -2.29. The first-order valence-electron chi connectivity index (χ1n) is 9.32. The van der Waals surface area contributed by atoms with Crippen molar-refractivity contribution in [3.05, 3.63) is 65.2 Å². The van der Waals surface area contributed by atoms with Gasteiger partial charge < -0.3 is 14.9 Å². The van der Waals surface area contributed by atoms with Crippen molar-refractivity contribution in [1.29, 1.82) is 0 Å².